The molecule has 1 aliphatic rings. The van der Waals surface area contributed by atoms with E-state index in [9.17, 15) is 0 Å². The summed E-state index contributed by atoms with van der Waals surface area (Å²) in [6, 6.07) is 7.66. The number of nitrogens with one attached hydrogen (secondary N) is 1. The smallest absolute Gasteiger partial charge is 0.140 e. The third-order valence-electron chi connectivity index (χ3n) is 4.14. The van der Waals surface area contributed by atoms with Crippen molar-refractivity contribution >= 4 is 0 Å². The lowest BCUT2D eigenvalue weighted by molar-refractivity contribution is -0.0466. The van der Waals surface area contributed by atoms with E-state index < -0.39 is 5.60 Å². The fraction of sp³-hybridized carbons (Fsp3) is 0.500. The molecule has 0 aliphatic heterocycles. The van der Waals surface area contributed by atoms with Gasteiger partial charge in [0.1, 0.15) is 17.4 Å². The number of rotatable bonds is 3. The van der Waals surface area contributed by atoms with E-state index in [1.165, 1.54) is 5.57 Å². The van der Waals surface area contributed by atoms with E-state index in [-0.39, 0.29) is 0 Å². The lowest BCUT2D eigenvalue weighted by Gasteiger charge is -2.43. The molecule has 2 rings (SSSR count). The number of nitrogens with zero attached hydrogens (tertiary/aromatic N) is 2. The minimum absolute atomic E-state index is 0.322. The first-order valence-corrected chi connectivity index (χ1v) is 6.98. The molecule has 1 aromatic heterocycles. The SMILES string of the molecule is CN/C=C1\CCCC(C)C1(OC)c1cccc(C#N)n1. The number of ether oxygens (including phenoxy) is 1. The van der Waals surface area contributed by atoms with E-state index >= 15 is 0 Å². The van der Waals surface area contributed by atoms with Crippen LogP contribution in [0.1, 0.15) is 37.6 Å². The second-order valence-electron chi connectivity index (χ2n) is 5.21. The number of aromatic nitrogens is 1. The fourth-order valence-corrected chi connectivity index (χ4v) is 3.22. The summed E-state index contributed by atoms with van der Waals surface area (Å²) in [6.45, 7) is 2.19. The van der Waals surface area contributed by atoms with Crippen molar-refractivity contribution in [1.82, 2.24) is 10.3 Å². The fourth-order valence-electron chi connectivity index (χ4n) is 3.22. The highest BCUT2D eigenvalue weighted by molar-refractivity contribution is 5.34. The van der Waals surface area contributed by atoms with Crippen molar-refractivity contribution in [2.45, 2.75) is 31.8 Å². The number of pyridine rings is 1. The molecule has 4 nitrogen and oxygen atoms in total. The predicted molar refractivity (Wildman–Crippen MR) is 77.8 cm³/mol. The van der Waals surface area contributed by atoms with E-state index in [4.69, 9.17) is 10.00 Å². The molecular weight excluding hydrogens is 250 g/mol. The Morgan fingerprint density at radius 3 is 3.00 bits per heavy atom. The van der Waals surface area contributed by atoms with Crippen LogP contribution in [-0.4, -0.2) is 19.1 Å². The molecule has 1 aromatic rings. The Hall–Kier alpha value is -1.86. The van der Waals surface area contributed by atoms with Gasteiger partial charge in [-0.05, 0) is 49.1 Å². The molecule has 2 atom stereocenters. The molecule has 0 bridgehead atoms. The summed E-state index contributed by atoms with van der Waals surface area (Å²) >= 11 is 0. The number of hydrogen-bond acceptors (Lipinski definition) is 4. The maximum absolute atomic E-state index is 9.07. The first-order valence-electron chi connectivity index (χ1n) is 6.98. The molecule has 2 unspecified atom stereocenters. The van der Waals surface area contributed by atoms with Crippen molar-refractivity contribution in [1.29, 1.82) is 5.26 Å². The summed E-state index contributed by atoms with van der Waals surface area (Å²) < 4.78 is 5.96. The Morgan fingerprint density at radius 1 is 1.55 bits per heavy atom. The van der Waals surface area contributed by atoms with Crippen molar-refractivity contribution in [3.05, 3.63) is 41.4 Å². The predicted octanol–water partition coefficient (Wildman–Crippen LogP) is 2.72. The molecule has 0 aromatic carbocycles. The van der Waals surface area contributed by atoms with Crippen LogP contribution in [0.2, 0.25) is 0 Å². The molecule has 0 amide bonds. The third-order valence-corrected chi connectivity index (χ3v) is 4.14. The summed E-state index contributed by atoms with van der Waals surface area (Å²) in [5.74, 6) is 0.322. The normalized spacial score (nSPS) is 28.1. The van der Waals surface area contributed by atoms with Gasteiger partial charge < -0.3 is 10.1 Å². The Balaban J connectivity index is 2.59. The molecule has 20 heavy (non-hydrogen) atoms. The molecule has 0 radical (unpaired) electrons. The first kappa shape index (κ1) is 14.5. The molecule has 1 heterocycles. The van der Waals surface area contributed by atoms with E-state index in [2.05, 4.69) is 23.3 Å². The van der Waals surface area contributed by atoms with Crippen LogP contribution in [0, 0.1) is 17.2 Å². The van der Waals surface area contributed by atoms with Crippen molar-refractivity contribution in [3.63, 3.8) is 0 Å². The van der Waals surface area contributed by atoms with Crippen LogP contribution < -0.4 is 5.32 Å². The van der Waals surface area contributed by atoms with Gasteiger partial charge in [0, 0.05) is 14.2 Å². The minimum Gasteiger partial charge on any atom is -0.394 e. The van der Waals surface area contributed by atoms with E-state index in [1.54, 1.807) is 13.2 Å². The second-order valence-corrected chi connectivity index (χ2v) is 5.21. The van der Waals surface area contributed by atoms with E-state index in [0.29, 0.717) is 11.6 Å². The lowest BCUT2D eigenvalue weighted by Crippen LogP contribution is -2.42. The average molecular weight is 271 g/mol. The zero-order chi connectivity index (χ0) is 14.6. The molecule has 1 fully saturated rings. The third kappa shape index (κ3) is 2.30. The quantitative estimate of drug-likeness (QED) is 0.918. The van der Waals surface area contributed by atoms with Gasteiger partial charge in [-0.15, -0.1) is 0 Å². The van der Waals surface area contributed by atoms with Crippen LogP contribution in [0.15, 0.2) is 30.0 Å². The molecule has 0 saturated heterocycles. The van der Waals surface area contributed by atoms with Gasteiger partial charge in [-0.3, -0.25) is 0 Å². The number of hydrogen-bond donors (Lipinski definition) is 1. The summed E-state index contributed by atoms with van der Waals surface area (Å²) in [5, 5.41) is 12.2. The molecule has 4 heteroatoms. The summed E-state index contributed by atoms with van der Waals surface area (Å²) in [7, 11) is 3.62. The highest BCUT2D eigenvalue weighted by Crippen LogP contribution is 2.46. The van der Waals surface area contributed by atoms with Crippen molar-refractivity contribution < 1.29 is 4.74 Å². The van der Waals surface area contributed by atoms with Gasteiger partial charge >= 0.3 is 0 Å². The standard InChI is InChI=1S/C16H21N3O/c1-12-6-4-7-13(11-18-2)16(12,20-3)15-9-5-8-14(10-17)19-15/h5,8-9,11-12,18H,4,6-7H2,1-3H3/b13-11+. The zero-order valence-electron chi connectivity index (χ0n) is 12.3. The molecule has 106 valence electrons. The van der Waals surface area contributed by atoms with Crippen LogP contribution in [-0.2, 0) is 10.3 Å². The van der Waals surface area contributed by atoms with Gasteiger partial charge in [0.05, 0.1) is 5.69 Å². The molecule has 1 saturated carbocycles. The van der Waals surface area contributed by atoms with Gasteiger partial charge in [-0.25, -0.2) is 4.98 Å². The topological polar surface area (TPSA) is 57.9 Å². The summed E-state index contributed by atoms with van der Waals surface area (Å²) in [6.07, 6.45) is 5.24. The monoisotopic (exact) mass is 271 g/mol. The van der Waals surface area contributed by atoms with Crippen LogP contribution in [0.25, 0.3) is 0 Å². The van der Waals surface area contributed by atoms with Gasteiger partial charge in [-0.1, -0.05) is 13.0 Å². The first-order chi connectivity index (χ1) is 9.68. The van der Waals surface area contributed by atoms with Crippen molar-refractivity contribution in [3.8, 4) is 6.07 Å². The Labute approximate surface area is 120 Å². The zero-order valence-corrected chi connectivity index (χ0v) is 12.3. The van der Waals surface area contributed by atoms with Crippen molar-refractivity contribution in [2.24, 2.45) is 5.92 Å². The molecule has 0 spiro atoms. The highest BCUT2D eigenvalue weighted by Gasteiger charge is 2.45. The van der Waals surface area contributed by atoms with Crippen LogP contribution >= 0.6 is 0 Å². The molecule has 1 N–H and O–H groups in total. The molecule has 1 aliphatic carbocycles. The Morgan fingerprint density at radius 2 is 2.35 bits per heavy atom. The average Bonchev–Trinajstić information content (AvgIpc) is 2.48. The summed E-state index contributed by atoms with van der Waals surface area (Å²) in [4.78, 5) is 4.49. The number of nitriles is 1. The second kappa shape index (κ2) is 6.06. The molecular formula is C16H21N3O. The maximum atomic E-state index is 9.07. The highest BCUT2D eigenvalue weighted by atomic mass is 16.5. The Bertz CT molecular complexity index is 547. The van der Waals surface area contributed by atoms with Crippen LogP contribution in [0.5, 0.6) is 0 Å². The van der Waals surface area contributed by atoms with E-state index in [0.717, 1.165) is 25.0 Å². The lowest BCUT2D eigenvalue weighted by atomic mass is 9.71. The van der Waals surface area contributed by atoms with Gasteiger partial charge in [0.25, 0.3) is 0 Å². The largest absolute Gasteiger partial charge is 0.394 e. The Kier molecular flexibility index (Phi) is 4.41. The summed E-state index contributed by atoms with van der Waals surface area (Å²) in [5.41, 5.74) is 1.92. The van der Waals surface area contributed by atoms with Crippen molar-refractivity contribution in [2.75, 3.05) is 14.2 Å². The van der Waals surface area contributed by atoms with Crippen LogP contribution in [0.3, 0.4) is 0 Å². The van der Waals surface area contributed by atoms with Crippen LogP contribution in [0.4, 0.5) is 0 Å². The van der Waals surface area contributed by atoms with E-state index in [1.807, 2.05) is 25.4 Å². The van der Waals surface area contributed by atoms with Gasteiger partial charge in [0.15, 0.2) is 0 Å². The minimum atomic E-state index is -0.534. The number of methoxy groups -OCH3 is 1. The van der Waals surface area contributed by atoms with Gasteiger partial charge in [0.2, 0.25) is 0 Å². The maximum Gasteiger partial charge on any atom is 0.140 e. The van der Waals surface area contributed by atoms with Gasteiger partial charge in [-0.2, -0.15) is 5.26 Å².